The number of benzene rings is 1. The number of hydrogen-bond donors (Lipinski definition) is 1. The fourth-order valence-electron chi connectivity index (χ4n) is 2.99. The van der Waals surface area contributed by atoms with E-state index in [9.17, 15) is 0 Å². The fourth-order valence-corrected chi connectivity index (χ4v) is 2.99. The summed E-state index contributed by atoms with van der Waals surface area (Å²) in [5.41, 5.74) is 2.81. The highest BCUT2D eigenvalue weighted by Crippen LogP contribution is 2.41. The molecule has 1 aromatic carbocycles. The van der Waals surface area contributed by atoms with Crippen molar-refractivity contribution in [1.29, 1.82) is 0 Å². The van der Waals surface area contributed by atoms with E-state index in [2.05, 4.69) is 37.4 Å². The third kappa shape index (κ3) is 1.90. The molecule has 1 aliphatic heterocycles. The predicted molar refractivity (Wildman–Crippen MR) is 70.8 cm³/mol. The second kappa shape index (κ2) is 3.94. The van der Waals surface area contributed by atoms with E-state index in [4.69, 9.17) is 4.74 Å². The minimum atomic E-state index is 0.225. The van der Waals surface area contributed by atoms with E-state index in [1.54, 1.807) is 0 Å². The largest absolute Gasteiger partial charge is 0.489 e. The van der Waals surface area contributed by atoms with Crippen molar-refractivity contribution in [1.82, 2.24) is 0 Å². The lowest BCUT2D eigenvalue weighted by Crippen LogP contribution is -2.44. The maximum atomic E-state index is 5.93. The van der Waals surface area contributed by atoms with Gasteiger partial charge >= 0.3 is 0 Å². The molecule has 92 valence electrons. The Kier molecular flexibility index (Phi) is 2.53. The van der Waals surface area contributed by atoms with Gasteiger partial charge in [-0.3, -0.25) is 0 Å². The summed E-state index contributed by atoms with van der Waals surface area (Å²) in [5, 5.41) is 3.74. The van der Waals surface area contributed by atoms with Crippen molar-refractivity contribution in [3.63, 3.8) is 0 Å². The summed E-state index contributed by atoms with van der Waals surface area (Å²) in [5.74, 6) is 1.59. The molecule has 1 N–H and O–H groups in total. The summed E-state index contributed by atoms with van der Waals surface area (Å²) in [6, 6.07) is 6.55. The fraction of sp³-hybridized carbons (Fsp3) is 0.600. The average molecular weight is 231 g/mol. The van der Waals surface area contributed by atoms with Crippen LogP contribution in [0.3, 0.4) is 0 Å². The zero-order valence-electron chi connectivity index (χ0n) is 10.8. The minimum absolute atomic E-state index is 0.225. The minimum Gasteiger partial charge on any atom is -0.489 e. The van der Waals surface area contributed by atoms with E-state index in [0.717, 1.165) is 12.4 Å². The molecule has 1 spiro atoms. The molecule has 1 saturated carbocycles. The number of anilines is 1. The van der Waals surface area contributed by atoms with Gasteiger partial charge in [0.15, 0.2) is 0 Å². The van der Waals surface area contributed by atoms with Gasteiger partial charge in [-0.25, -0.2) is 0 Å². The molecule has 2 nitrogen and oxygen atoms in total. The summed E-state index contributed by atoms with van der Waals surface area (Å²) in [7, 11) is 0. The quantitative estimate of drug-likeness (QED) is 0.790. The number of nitrogens with one attached hydrogen (secondary N) is 1. The van der Waals surface area contributed by atoms with Gasteiger partial charge in [-0.15, -0.1) is 0 Å². The van der Waals surface area contributed by atoms with Gasteiger partial charge in [0, 0.05) is 0 Å². The van der Waals surface area contributed by atoms with Crippen LogP contribution in [0.5, 0.6) is 5.75 Å². The first-order valence-corrected chi connectivity index (χ1v) is 6.73. The molecule has 0 radical (unpaired) electrons. The molecule has 0 atom stereocenters. The van der Waals surface area contributed by atoms with Crippen LogP contribution in [0.2, 0.25) is 0 Å². The Morgan fingerprint density at radius 1 is 1.24 bits per heavy atom. The Hall–Kier alpha value is -1.18. The molecule has 1 heterocycles. The van der Waals surface area contributed by atoms with E-state index >= 15 is 0 Å². The second-order valence-electron chi connectivity index (χ2n) is 5.81. The van der Waals surface area contributed by atoms with Crippen LogP contribution in [0, 0.1) is 0 Å². The molecule has 1 fully saturated rings. The van der Waals surface area contributed by atoms with Gasteiger partial charge in [0.1, 0.15) is 12.4 Å². The number of rotatable bonds is 1. The second-order valence-corrected chi connectivity index (χ2v) is 5.81. The third-order valence-electron chi connectivity index (χ3n) is 4.13. The van der Waals surface area contributed by atoms with Crippen molar-refractivity contribution in [2.45, 2.75) is 51.0 Å². The zero-order chi connectivity index (χ0) is 11.9. The lowest BCUT2D eigenvalue weighted by atomic mass is 9.95. The van der Waals surface area contributed by atoms with Crippen LogP contribution in [-0.4, -0.2) is 12.1 Å². The highest BCUT2D eigenvalue weighted by atomic mass is 16.5. The van der Waals surface area contributed by atoms with Crippen LogP contribution in [0.25, 0.3) is 0 Å². The van der Waals surface area contributed by atoms with Crippen molar-refractivity contribution in [3.8, 4) is 5.75 Å². The van der Waals surface area contributed by atoms with Crippen LogP contribution in [0.4, 0.5) is 5.69 Å². The van der Waals surface area contributed by atoms with Crippen LogP contribution in [-0.2, 0) is 0 Å². The summed E-state index contributed by atoms with van der Waals surface area (Å²) < 4.78 is 5.93. The number of ether oxygens (including phenoxy) is 1. The van der Waals surface area contributed by atoms with E-state index in [1.807, 2.05) is 0 Å². The lowest BCUT2D eigenvalue weighted by molar-refractivity contribution is 0.221. The zero-order valence-corrected chi connectivity index (χ0v) is 10.8. The molecule has 0 unspecified atom stereocenters. The Bertz CT molecular complexity index is 419. The van der Waals surface area contributed by atoms with E-state index in [1.165, 1.54) is 36.9 Å². The summed E-state index contributed by atoms with van der Waals surface area (Å²) >= 11 is 0. The predicted octanol–water partition coefficient (Wildman–Crippen LogP) is 3.93. The molecule has 3 rings (SSSR count). The van der Waals surface area contributed by atoms with Crippen LogP contribution >= 0.6 is 0 Å². The molecule has 2 heteroatoms. The van der Waals surface area contributed by atoms with Gasteiger partial charge in [-0.1, -0.05) is 32.8 Å². The Labute approximate surface area is 103 Å². The summed E-state index contributed by atoms with van der Waals surface area (Å²) in [6.45, 7) is 5.30. The van der Waals surface area contributed by atoms with Gasteiger partial charge in [0.2, 0.25) is 0 Å². The molecule has 0 aromatic heterocycles. The van der Waals surface area contributed by atoms with Crippen LogP contribution < -0.4 is 10.1 Å². The third-order valence-corrected chi connectivity index (χ3v) is 4.13. The molecule has 2 aliphatic rings. The average Bonchev–Trinajstić information content (AvgIpc) is 2.76. The Morgan fingerprint density at radius 3 is 2.71 bits per heavy atom. The molecule has 1 aliphatic carbocycles. The van der Waals surface area contributed by atoms with Crippen LogP contribution in [0.1, 0.15) is 51.0 Å². The normalized spacial score (nSPS) is 21.1. The highest BCUT2D eigenvalue weighted by molar-refractivity contribution is 5.61. The van der Waals surface area contributed by atoms with Gasteiger partial charge in [-0.2, -0.15) is 0 Å². The first kappa shape index (κ1) is 10.9. The Balaban J connectivity index is 1.91. The monoisotopic (exact) mass is 231 g/mol. The molecular weight excluding hydrogens is 210 g/mol. The maximum absolute atomic E-state index is 5.93. The number of fused-ring (bicyclic) bond motifs is 1. The molecule has 17 heavy (non-hydrogen) atoms. The molecule has 0 bridgehead atoms. The van der Waals surface area contributed by atoms with E-state index in [0.29, 0.717) is 5.92 Å². The van der Waals surface area contributed by atoms with Gasteiger partial charge < -0.3 is 10.1 Å². The summed E-state index contributed by atoms with van der Waals surface area (Å²) in [4.78, 5) is 0. The topological polar surface area (TPSA) is 21.3 Å². The molecule has 0 saturated heterocycles. The summed E-state index contributed by atoms with van der Waals surface area (Å²) in [6.07, 6.45) is 5.15. The lowest BCUT2D eigenvalue weighted by Gasteiger charge is -2.37. The van der Waals surface area contributed by atoms with E-state index in [-0.39, 0.29) is 5.54 Å². The first-order chi connectivity index (χ1) is 8.19. The van der Waals surface area contributed by atoms with Crippen LogP contribution in [0.15, 0.2) is 18.2 Å². The van der Waals surface area contributed by atoms with E-state index < -0.39 is 0 Å². The van der Waals surface area contributed by atoms with Crippen molar-refractivity contribution in [2.24, 2.45) is 0 Å². The van der Waals surface area contributed by atoms with Crippen molar-refractivity contribution in [3.05, 3.63) is 23.8 Å². The maximum Gasteiger partial charge on any atom is 0.142 e. The van der Waals surface area contributed by atoms with Gasteiger partial charge in [0.05, 0.1) is 11.2 Å². The van der Waals surface area contributed by atoms with Gasteiger partial charge in [-0.05, 0) is 36.5 Å². The van der Waals surface area contributed by atoms with Crippen molar-refractivity contribution < 1.29 is 4.74 Å². The first-order valence-electron chi connectivity index (χ1n) is 6.73. The molecular formula is C15H21NO. The van der Waals surface area contributed by atoms with Gasteiger partial charge in [0.25, 0.3) is 0 Å². The molecule has 1 aromatic rings. The smallest absolute Gasteiger partial charge is 0.142 e. The molecule has 0 amide bonds. The van der Waals surface area contributed by atoms with Crippen molar-refractivity contribution in [2.75, 3.05) is 11.9 Å². The highest BCUT2D eigenvalue weighted by Gasteiger charge is 2.38. The van der Waals surface area contributed by atoms with Crippen molar-refractivity contribution >= 4 is 5.69 Å². The number of hydrogen-bond acceptors (Lipinski definition) is 2. The Morgan fingerprint density at radius 2 is 2.00 bits per heavy atom. The SMILES string of the molecule is CC(C)c1ccc2c(c1)NC1(CCCC1)CO2. The standard InChI is InChI=1S/C15H21NO/c1-11(2)12-5-6-14-13(9-12)16-15(10-17-14)7-3-4-8-15/h5-6,9,11,16H,3-4,7-8,10H2,1-2H3.